The summed E-state index contributed by atoms with van der Waals surface area (Å²) in [5, 5.41) is 8.51. The van der Waals surface area contributed by atoms with E-state index in [0.29, 0.717) is 0 Å². The normalized spacial score (nSPS) is 10.8. The highest BCUT2D eigenvalue weighted by atomic mass is 15.1. The Morgan fingerprint density at radius 2 is 2.33 bits per heavy atom. The van der Waals surface area contributed by atoms with Gasteiger partial charge in [0.15, 0.2) is 0 Å². The third-order valence-corrected chi connectivity index (χ3v) is 2.13. The first kappa shape index (κ1) is 7.41. The summed E-state index contributed by atoms with van der Waals surface area (Å²) >= 11 is 0. The van der Waals surface area contributed by atoms with Crippen LogP contribution < -0.4 is 5.46 Å². The Morgan fingerprint density at radius 3 is 3.08 bits per heavy atom. The number of H-pyrrole nitrogens is 1. The third kappa shape index (κ3) is 1.02. The molecule has 2 rings (SSSR count). The monoisotopic (exact) mass is 158 g/mol. The van der Waals surface area contributed by atoms with Gasteiger partial charge in [-0.05, 0) is 12.5 Å². The molecule has 0 aliphatic heterocycles. The maximum atomic E-state index is 4.23. The SMILES string of the molecule is Bc1ccc2[nH]nc(CC)c2c1. The molecule has 0 saturated carbocycles. The van der Waals surface area contributed by atoms with Gasteiger partial charge in [0.2, 0.25) is 0 Å². The summed E-state index contributed by atoms with van der Waals surface area (Å²) in [5.74, 6) is 0. The molecule has 1 aromatic carbocycles. The van der Waals surface area contributed by atoms with Crippen molar-refractivity contribution >= 4 is 24.2 Å². The fourth-order valence-electron chi connectivity index (χ4n) is 1.45. The molecule has 0 atom stereocenters. The van der Waals surface area contributed by atoms with Crippen molar-refractivity contribution < 1.29 is 0 Å². The zero-order chi connectivity index (χ0) is 8.55. The van der Waals surface area contributed by atoms with Crippen LogP contribution in [0.15, 0.2) is 18.2 Å². The van der Waals surface area contributed by atoms with Crippen LogP contribution in [0.2, 0.25) is 0 Å². The molecule has 0 spiro atoms. The van der Waals surface area contributed by atoms with Gasteiger partial charge >= 0.3 is 0 Å². The molecule has 2 nitrogen and oxygen atoms in total. The van der Waals surface area contributed by atoms with Crippen molar-refractivity contribution in [2.45, 2.75) is 13.3 Å². The Morgan fingerprint density at radius 1 is 1.50 bits per heavy atom. The van der Waals surface area contributed by atoms with Crippen molar-refractivity contribution in [3.05, 3.63) is 23.9 Å². The molecule has 0 bridgehead atoms. The van der Waals surface area contributed by atoms with E-state index in [1.807, 2.05) is 0 Å². The van der Waals surface area contributed by atoms with Gasteiger partial charge in [-0.1, -0.05) is 24.5 Å². The number of hydrogen-bond donors (Lipinski definition) is 1. The minimum atomic E-state index is 0.990. The van der Waals surface area contributed by atoms with Crippen LogP contribution in [-0.2, 0) is 6.42 Å². The van der Waals surface area contributed by atoms with Crippen LogP contribution >= 0.6 is 0 Å². The average Bonchev–Trinajstić information content (AvgIpc) is 2.46. The second kappa shape index (κ2) is 2.66. The molecule has 2 aromatic rings. The van der Waals surface area contributed by atoms with E-state index in [9.17, 15) is 0 Å². The van der Waals surface area contributed by atoms with Crippen molar-refractivity contribution in [1.29, 1.82) is 0 Å². The molecule has 12 heavy (non-hydrogen) atoms. The summed E-state index contributed by atoms with van der Waals surface area (Å²) in [6, 6.07) is 6.36. The molecule has 1 N–H and O–H groups in total. The van der Waals surface area contributed by atoms with E-state index in [4.69, 9.17) is 0 Å². The molecule has 0 unspecified atom stereocenters. The number of aromatic amines is 1. The molecule has 0 amide bonds. The van der Waals surface area contributed by atoms with E-state index in [1.165, 1.54) is 10.8 Å². The predicted molar refractivity (Wildman–Crippen MR) is 53.6 cm³/mol. The van der Waals surface area contributed by atoms with E-state index in [-0.39, 0.29) is 0 Å². The number of fused-ring (bicyclic) bond motifs is 1. The summed E-state index contributed by atoms with van der Waals surface area (Å²) in [5.41, 5.74) is 3.59. The van der Waals surface area contributed by atoms with Gasteiger partial charge in [-0.25, -0.2) is 0 Å². The van der Waals surface area contributed by atoms with E-state index < -0.39 is 0 Å². The van der Waals surface area contributed by atoms with E-state index >= 15 is 0 Å². The molecule has 0 fully saturated rings. The summed E-state index contributed by atoms with van der Waals surface area (Å²) < 4.78 is 0. The molecule has 3 heteroatoms. The zero-order valence-electron chi connectivity index (χ0n) is 7.39. The second-order valence-corrected chi connectivity index (χ2v) is 3.07. The number of nitrogens with zero attached hydrogens (tertiary/aromatic N) is 1. The Bertz CT molecular complexity index is 406. The quantitative estimate of drug-likeness (QED) is 0.597. The van der Waals surface area contributed by atoms with Crippen molar-refractivity contribution in [3.63, 3.8) is 0 Å². The minimum Gasteiger partial charge on any atom is -0.278 e. The van der Waals surface area contributed by atoms with Crippen LogP contribution in [0.4, 0.5) is 0 Å². The topological polar surface area (TPSA) is 28.7 Å². The van der Waals surface area contributed by atoms with E-state index in [2.05, 4.69) is 43.2 Å². The molecule has 0 aliphatic rings. The first-order chi connectivity index (χ1) is 5.81. The molecule has 1 heterocycles. The van der Waals surface area contributed by atoms with Gasteiger partial charge in [-0.2, -0.15) is 5.10 Å². The van der Waals surface area contributed by atoms with Crippen LogP contribution in [-0.4, -0.2) is 18.0 Å². The number of hydrogen-bond acceptors (Lipinski definition) is 1. The first-order valence-electron chi connectivity index (χ1n) is 4.25. The number of rotatable bonds is 1. The molecule has 1 aromatic heterocycles. The molecular weight excluding hydrogens is 147 g/mol. The van der Waals surface area contributed by atoms with Gasteiger partial charge in [-0.3, -0.25) is 5.10 Å². The number of aromatic nitrogens is 2. The molecular formula is C9H11BN2. The summed E-state index contributed by atoms with van der Waals surface area (Å²) in [4.78, 5) is 0. The zero-order valence-corrected chi connectivity index (χ0v) is 7.39. The Kier molecular flexibility index (Phi) is 1.64. The molecule has 60 valence electrons. The van der Waals surface area contributed by atoms with Crippen LogP contribution in [0.5, 0.6) is 0 Å². The van der Waals surface area contributed by atoms with Crippen LogP contribution in [0.1, 0.15) is 12.6 Å². The van der Waals surface area contributed by atoms with Crippen LogP contribution in [0.3, 0.4) is 0 Å². The summed E-state index contributed by atoms with van der Waals surface area (Å²) in [6.45, 7) is 2.12. The lowest BCUT2D eigenvalue weighted by atomic mass is 9.94. The summed E-state index contributed by atoms with van der Waals surface area (Å²) in [7, 11) is 2.10. The van der Waals surface area contributed by atoms with Gasteiger partial charge in [-0.15, -0.1) is 0 Å². The van der Waals surface area contributed by atoms with Crippen molar-refractivity contribution in [2.24, 2.45) is 0 Å². The number of nitrogens with one attached hydrogen (secondary N) is 1. The highest BCUT2D eigenvalue weighted by Gasteiger charge is 2.01. The Hall–Kier alpha value is -1.25. The second-order valence-electron chi connectivity index (χ2n) is 3.07. The van der Waals surface area contributed by atoms with Gasteiger partial charge in [0.1, 0.15) is 7.85 Å². The highest BCUT2D eigenvalue weighted by molar-refractivity contribution is 6.33. The van der Waals surface area contributed by atoms with Gasteiger partial charge in [0.25, 0.3) is 0 Å². The summed E-state index contributed by atoms with van der Waals surface area (Å²) in [6.07, 6.45) is 0.990. The first-order valence-corrected chi connectivity index (χ1v) is 4.25. The van der Waals surface area contributed by atoms with E-state index in [1.54, 1.807) is 0 Å². The van der Waals surface area contributed by atoms with Crippen LogP contribution in [0.25, 0.3) is 10.9 Å². The fourth-order valence-corrected chi connectivity index (χ4v) is 1.45. The van der Waals surface area contributed by atoms with Gasteiger partial charge in [0.05, 0.1) is 11.2 Å². The third-order valence-electron chi connectivity index (χ3n) is 2.13. The smallest absolute Gasteiger partial charge is 0.139 e. The maximum absolute atomic E-state index is 4.23. The minimum absolute atomic E-state index is 0.990. The molecule has 0 saturated heterocycles. The maximum Gasteiger partial charge on any atom is 0.139 e. The lowest BCUT2D eigenvalue weighted by Crippen LogP contribution is -1.99. The van der Waals surface area contributed by atoms with Crippen molar-refractivity contribution in [2.75, 3.05) is 0 Å². The number of aryl methyl sites for hydroxylation is 1. The Labute approximate surface area is 72.4 Å². The highest BCUT2D eigenvalue weighted by Crippen LogP contribution is 2.13. The van der Waals surface area contributed by atoms with Crippen LogP contribution in [0, 0.1) is 0 Å². The fraction of sp³-hybridized carbons (Fsp3) is 0.222. The Balaban J connectivity index is 2.75. The largest absolute Gasteiger partial charge is 0.278 e. The van der Waals surface area contributed by atoms with Gasteiger partial charge < -0.3 is 0 Å². The predicted octanol–water partition coefficient (Wildman–Crippen LogP) is 0.384. The van der Waals surface area contributed by atoms with Crippen molar-refractivity contribution in [1.82, 2.24) is 10.2 Å². The standard InChI is InChI=1S/C9H11BN2/c1-2-8-7-5-6(10)3-4-9(7)12-11-8/h3-5H,2,10H2,1H3,(H,11,12). The molecule has 0 radical (unpaired) electrons. The lowest BCUT2D eigenvalue weighted by molar-refractivity contribution is 0.988. The lowest BCUT2D eigenvalue weighted by Gasteiger charge is -1.93. The average molecular weight is 158 g/mol. The van der Waals surface area contributed by atoms with Gasteiger partial charge in [0, 0.05) is 5.39 Å². The number of benzene rings is 1. The van der Waals surface area contributed by atoms with E-state index in [0.717, 1.165) is 17.6 Å². The van der Waals surface area contributed by atoms with Crippen molar-refractivity contribution in [3.8, 4) is 0 Å². The molecule has 0 aliphatic carbocycles.